The van der Waals surface area contributed by atoms with E-state index in [-0.39, 0.29) is 12.5 Å². The zero-order valence-corrected chi connectivity index (χ0v) is 20.6. The summed E-state index contributed by atoms with van der Waals surface area (Å²) in [7, 11) is 2.78. The summed E-state index contributed by atoms with van der Waals surface area (Å²) < 4.78 is 16.6. The molecule has 0 bridgehead atoms. The molecule has 1 aliphatic heterocycles. The van der Waals surface area contributed by atoms with Crippen LogP contribution in [0, 0.1) is 13.8 Å². The van der Waals surface area contributed by atoms with Crippen molar-refractivity contribution in [2.75, 3.05) is 25.7 Å². The van der Waals surface area contributed by atoms with Gasteiger partial charge in [0.1, 0.15) is 0 Å². The van der Waals surface area contributed by atoms with Gasteiger partial charge in [-0.2, -0.15) is 0 Å². The third kappa shape index (κ3) is 5.11. The Hall–Kier alpha value is -2.36. The van der Waals surface area contributed by atoms with Gasteiger partial charge in [0.15, 0.2) is 22.4 Å². The highest BCUT2D eigenvalue weighted by Gasteiger charge is 2.33. The third-order valence-corrected chi connectivity index (χ3v) is 6.67. The number of thiocarbonyl (C=S) groups is 1. The number of hydrogen-bond donors (Lipinski definition) is 0. The predicted molar refractivity (Wildman–Crippen MR) is 130 cm³/mol. The van der Waals surface area contributed by atoms with Crippen molar-refractivity contribution in [2.45, 2.75) is 13.8 Å². The summed E-state index contributed by atoms with van der Waals surface area (Å²) in [6, 6.07) is 9.22. The number of nitrogens with zero attached hydrogens (tertiary/aromatic N) is 1. The van der Waals surface area contributed by atoms with Crippen molar-refractivity contribution in [1.29, 1.82) is 0 Å². The Morgan fingerprint density at radius 1 is 1.16 bits per heavy atom. The molecule has 1 amide bonds. The molecule has 3 rings (SSSR count). The van der Waals surface area contributed by atoms with Gasteiger partial charge in [0.05, 0.1) is 24.8 Å². The first-order chi connectivity index (χ1) is 14.7. The standard InChI is InChI=1S/C22H20BrNO5S2/c1-12-5-6-15(7-13(12)2)24-21(26)19(31-22(24)30)9-14-8-17(27-3)18(10-16(14)23)29-11-20(25)28-4/h5-10H,11H2,1-4H3/b19-9+. The largest absolute Gasteiger partial charge is 0.493 e. The minimum absolute atomic E-state index is 0.185. The van der Waals surface area contributed by atoms with E-state index in [2.05, 4.69) is 20.7 Å². The first kappa shape index (κ1) is 23.3. The molecule has 1 saturated heterocycles. The summed E-state index contributed by atoms with van der Waals surface area (Å²) >= 11 is 10.2. The number of methoxy groups -OCH3 is 2. The van der Waals surface area contributed by atoms with Crippen LogP contribution in [0.5, 0.6) is 11.5 Å². The smallest absolute Gasteiger partial charge is 0.343 e. The van der Waals surface area contributed by atoms with Crippen LogP contribution in [-0.4, -0.2) is 37.0 Å². The minimum atomic E-state index is -0.503. The van der Waals surface area contributed by atoms with Crippen molar-refractivity contribution in [3.8, 4) is 11.5 Å². The Labute approximate surface area is 198 Å². The fraction of sp³-hybridized carbons (Fsp3) is 0.227. The van der Waals surface area contributed by atoms with E-state index in [4.69, 9.17) is 21.7 Å². The topological polar surface area (TPSA) is 65.1 Å². The van der Waals surface area contributed by atoms with Gasteiger partial charge < -0.3 is 14.2 Å². The third-order valence-electron chi connectivity index (χ3n) is 4.69. The Balaban J connectivity index is 1.90. The zero-order valence-electron chi connectivity index (χ0n) is 17.4. The molecule has 0 aromatic heterocycles. The van der Waals surface area contributed by atoms with E-state index in [0.717, 1.165) is 16.8 Å². The number of amides is 1. The summed E-state index contributed by atoms with van der Waals surface area (Å²) in [6.45, 7) is 3.78. The van der Waals surface area contributed by atoms with Crippen LogP contribution in [0.1, 0.15) is 16.7 Å². The van der Waals surface area contributed by atoms with Gasteiger partial charge in [-0.25, -0.2) is 4.79 Å². The number of hydrogen-bond acceptors (Lipinski definition) is 7. The average Bonchev–Trinajstić information content (AvgIpc) is 3.02. The normalized spacial score (nSPS) is 14.9. The number of benzene rings is 2. The second-order valence-electron chi connectivity index (χ2n) is 6.68. The molecule has 0 aliphatic carbocycles. The number of aryl methyl sites for hydroxylation is 2. The van der Waals surface area contributed by atoms with Gasteiger partial charge in [-0.1, -0.05) is 46.0 Å². The molecular formula is C22H20BrNO5S2. The maximum absolute atomic E-state index is 13.1. The van der Waals surface area contributed by atoms with Crippen molar-refractivity contribution in [1.82, 2.24) is 0 Å². The molecule has 0 unspecified atom stereocenters. The molecule has 2 aromatic carbocycles. The molecular weight excluding hydrogens is 502 g/mol. The van der Waals surface area contributed by atoms with Gasteiger partial charge in [0.2, 0.25) is 0 Å². The summed E-state index contributed by atoms with van der Waals surface area (Å²) in [5.74, 6) is 0.106. The maximum atomic E-state index is 13.1. The van der Waals surface area contributed by atoms with Crippen LogP contribution in [0.2, 0.25) is 0 Å². The molecule has 1 aliphatic rings. The summed E-state index contributed by atoms with van der Waals surface area (Å²) in [4.78, 5) is 26.5. The van der Waals surface area contributed by atoms with Crippen LogP contribution >= 0.6 is 39.9 Å². The van der Waals surface area contributed by atoms with Crippen molar-refractivity contribution in [3.05, 3.63) is 56.4 Å². The second kappa shape index (κ2) is 9.84. The molecule has 1 heterocycles. The summed E-state index contributed by atoms with van der Waals surface area (Å²) in [6.07, 6.45) is 1.75. The number of rotatable bonds is 6. The van der Waals surface area contributed by atoms with Crippen LogP contribution in [-0.2, 0) is 14.3 Å². The molecule has 2 aromatic rings. The van der Waals surface area contributed by atoms with Gasteiger partial charge in [-0.3, -0.25) is 9.69 Å². The highest BCUT2D eigenvalue weighted by molar-refractivity contribution is 9.10. The SMILES string of the molecule is COC(=O)COc1cc(Br)c(/C=C2/SC(=S)N(c3ccc(C)c(C)c3)C2=O)cc1OC. The van der Waals surface area contributed by atoms with E-state index in [9.17, 15) is 9.59 Å². The van der Waals surface area contributed by atoms with Gasteiger partial charge in [0.25, 0.3) is 5.91 Å². The van der Waals surface area contributed by atoms with Gasteiger partial charge in [0, 0.05) is 4.47 Å². The van der Waals surface area contributed by atoms with E-state index in [1.54, 1.807) is 18.2 Å². The molecule has 0 radical (unpaired) electrons. The highest BCUT2D eigenvalue weighted by atomic mass is 79.9. The number of esters is 1. The Kier molecular flexibility index (Phi) is 7.40. The Morgan fingerprint density at radius 2 is 1.90 bits per heavy atom. The summed E-state index contributed by atoms with van der Waals surface area (Å²) in [5, 5.41) is 0. The maximum Gasteiger partial charge on any atom is 0.343 e. The predicted octanol–water partition coefficient (Wildman–Crippen LogP) is 5.03. The van der Waals surface area contributed by atoms with Crippen LogP contribution in [0.3, 0.4) is 0 Å². The summed E-state index contributed by atoms with van der Waals surface area (Å²) in [5.41, 5.74) is 3.70. The molecule has 0 atom stereocenters. The molecule has 31 heavy (non-hydrogen) atoms. The number of halogens is 1. The second-order valence-corrected chi connectivity index (χ2v) is 9.21. The lowest BCUT2D eigenvalue weighted by Crippen LogP contribution is -2.27. The van der Waals surface area contributed by atoms with E-state index in [1.807, 2.05) is 32.0 Å². The van der Waals surface area contributed by atoms with Gasteiger partial charge in [-0.15, -0.1) is 0 Å². The van der Waals surface area contributed by atoms with Crippen molar-refractivity contribution in [3.63, 3.8) is 0 Å². The molecule has 0 N–H and O–H groups in total. The van der Waals surface area contributed by atoms with E-state index >= 15 is 0 Å². The van der Waals surface area contributed by atoms with E-state index in [1.165, 1.54) is 30.9 Å². The molecule has 6 nitrogen and oxygen atoms in total. The Morgan fingerprint density at radius 3 is 2.55 bits per heavy atom. The Bertz CT molecular complexity index is 1100. The molecule has 9 heteroatoms. The first-order valence-electron chi connectivity index (χ1n) is 9.17. The van der Waals surface area contributed by atoms with Crippen LogP contribution in [0.25, 0.3) is 6.08 Å². The lowest BCUT2D eigenvalue weighted by molar-refractivity contribution is -0.142. The zero-order chi connectivity index (χ0) is 22.7. The lowest BCUT2D eigenvalue weighted by atomic mass is 10.1. The lowest BCUT2D eigenvalue weighted by Gasteiger charge is -2.16. The van der Waals surface area contributed by atoms with Crippen LogP contribution < -0.4 is 14.4 Å². The first-order valence-corrected chi connectivity index (χ1v) is 11.2. The fourth-order valence-corrected chi connectivity index (χ4v) is 4.55. The molecule has 0 spiro atoms. The van der Waals surface area contributed by atoms with Gasteiger partial charge >= 0.3 is 5.97 Å². The van der Waals surface area contributed by atoms with Gasteiger partial charge in [-0.05, 0) is 60.9 Å². The highest BCUT2D eigenvalue weighted by Crippen LogP contribution is 2.39. The molecule has 162 valence electrons. The van der Waals surface area contributed by atoms with Crippen LogP contribution in [0.15, 0.2) is 39.7 Å². The number of anilines is 1. The number of thioether (sulfide) groups is 1. The molecule has 1 fully saturated rings. The van der Waals surface area contributed by atoms with Crippen LogP contribution in [0.4, 0.5) is 5.69 Å². The average molecular weight is 522 g/mol. The number of carbonyl (C=O) groups excluding carboxylic acids is 2. The van der Waals surface area contributed by atoms with Crippen molar-refractivity contribution < 1.29 is 23.8 Å². The van der Waals surface area contributed by atoms with E-state index in [0.29, 0.717) is 30.8 Å². The van der Waals surface area contributed by atoms with Crippen molar-refractivity contribution in [2.24, 2.45) is 0 Å². The monoisotopic (exact) mass is 521 g/mol. The minimum Gasteiger partial charge on any atom is -0.493 e. The molecule has 0 saturated carbocycles. The fourth-order valence-electron chi connectivity index (χ4n) is 2.83. The van der Waals surface area contributed by atoms with E-state index < -0.39 is 5.97 Å². The number of carbonyl (C=O) groups is 2. The number of ether oxygens (including phenoxy) is 3. The quantitative estimate of drug-likeness (QED) is 0.300. The van der Waals surface area contributed by atoms with Crippen molar-refractivity contribution >= 4 is 67.9 Å².